The molecule has 0 saturated carbocycles. The van der Waals surface area contributed by atoms with Crippen LogP contribution >= 0.6 is 11.6 Å². The Hall–Kier alpha value is -1.66. The number of nitrogens with zero attached hydrogens (tertiary/aromatic N) is 3. The molecule has 0 bridgehead atoms. The van der Waals surface area contributed by atoms with Crippen LogP contribution in [0.15, 0.2) is 12.1 Å². The van der Waals surface area contributed by atoms with Crippen molar-refractivity contribution in [2.75, 3.05) is 10.8 Å². The van der Waals surface area contributed by atoms with E-state index in [2.05, 4.69) is 4.85 Å². The quantitative estimate of drug-likeness (QED) is 0.779. The first kappa shape index (κ1) is 15.2. The molecule has 1 aromatic carbocycles. The van der Waals surface area contributed by atoms with E-state index in [-0.39, 0.29) is 29.4 Å². The molecular weight excluding hydrogens is 330 g/mol. The lowest BCUT2D eigenvalue weighted by atomic mass is 10.1. The number of hydrogen-bond donors (Lipinski definition) is 1. The lowest BCUT2D eigenvalue weighted by Gasteiger charge is -2.20. The van der Waals surface area contributed by atoms with Crippen LogP contribution < -0.4 is 4.31 Å². The first-order chi connectivity index (χ1) is 10.3. The molecule has 2 heterocycles. The summed E-state index contributed by atoms with van der Waals surface area (Å²) < 4.78 is 26.8. The topological polar surface area (TPSA) is 82.3 Å². The zero-order chi connectivity index (χ0) is 16.2. The Morgan fingerprint density at radius 3 is 2.73 bits per heavy atom. The van der Waals surface area contributed by atoms with Gasteiger partial charge in [0.05, 0.1) is 23.4 Å². The van der Waals surface area contributed by atoms with E-state index < -0.39 is 28.3 Å². The van der Waals surface area contributed by atoms with Gasteiger partial charge in [-0.2, -0.15) is 17.0 Å². The van der Waals surface area contributed by atoms with Gasteiger partial charge in [-0.1, -0.05) is 17.7 Å². The van der Waals surface area contributed by atoms with E-state index >= 15 is 0 Å². The molecule has 7 nitrogen and oxygen atoms in total. The number of halogens is 1. The number of aliphatic hydroxyl groups excluding tert-OH is 1. The number of rotatable bonds is 1. The number of fused-ring (bicyclic) bond motifs is 1. The van der Waals surface area contributed by atoms with Gasteiger partial charge in [0.1, 0.15) is 6.04 Å². The van der Waals surface area contributed by atoms with Crippen LogP contribution in [0.5, 0.6) is 0 Å². The molecule has 9 heteroatoms. The number of benzene rings is 1. The first-order valence-electron chi connectivity index (χ1n) is 6.51. The van der Waals surface area contributed by atoms with E-state index in [0.29, 0.717) is 9.87 Å². The Balaban J connectivity index is 2.16. The van der Waals surface area contributed by atoms with E-state index in [1.54, 1.807) is 6.92 Å². The van der Waals surface area contributed by atoms with E-state index in [1.165, 1.54) is 12.1 Å². The summed E-state index contributed by atoms with van der Waals surface area (Å²) in [5.41, 5.74) is 0.638. The van der Waals surface area contributed by atoms with Crippen LogP contribution in [-0.4, -0.2) is 42.4 Å². The number of amides is 1. The van der Waals surface area contributed by atoms with Gasteiger partial charge in [-0.25, -0.2) is 4.85 Å². The zero-order valence-corrected chi connectivity index (χ0v) is 13.1. The number of carbonyl (C=O) groups excluding carboxylic acids is 1. The van der Waals surface area contributed by atoms with Gasteiger partial charge in [0.15, 0.2) is 0 Å². The van der Waals surface area contributed by atoms with Crippen molar-refractivity contribution in [2.24, 2.45) is 0 Å². The van der Waals surface area contributed by atoms with Crippen LogP contribution in [0.4, 0.5) is 11.4 Å². The van der Waals surface area contributed by atoms with Gasteiger partial charge in [-0.05, 0) is 25.0 Å². The second-order valence-electron chi connectivity index (χ2n) is 5.18. The molecule has 0 aliphatic carbocycles. The molecule has 22 heavy (non-hydrogen) atoms. The first-order valence-corrected chi connectivity index (χ1v) is 8.28. The molecule has 0 spiro atoms. The van der Waals surface area contributed by atoms with Crippen molar-refractivity contribution in [3.05, 3.63) is 34.1 Å². The molecule has 1 aromatic rings. The van der Waals surface area contributed by atoms with Crippen LogP contribution in [0, 0.1) is 13.5 Å². The summed E-state index contributed by atoms with van der Waals surface area (Å²) in [6, 6.07) is 1.68. The summed E-state index contributed by atoms with van der Waals surface area (Å²) in [5.74, 6) is -0.695. The lowest BCUT2D eigenvalue weighted by Crippen LogP contribution is -2.36. The summed E-state index contributed by atoms with van der Waals surface area (Å²) in [4.78, 5) is 15.7. The molecule has 2 saturated heterocycles. The standard InChI is InChI=1S/C13H12ClN3O4S/c1-7-9(4-3-8(15-2)11(7)14)17-13(19)12-10(18)5-6-16(12)22(17,20)21/h3-4,10,12,18H,5-6H2,1H3/t10-,12+/m1/s1. The van der Waals surface area contributed by atoms with Crippen LogP contribution in [0.25, 0.3) is 4.85 Å². The molecule has 1 amide bonds. The van der Waals surface area contributed by atoms with Crippen LogP contribution in [0.1, 0.15) is 12.0 Å². The average molecular weight is 342 g/mol. The second kappa shape index (κ2) is 4.93. The summed E-state index contributed by atoms with van der Waals surface area (Å²) in [5, 5.41) is 9.97. The van der Waals surface area contributed by atoms with Crippen molar-refractivity contribution in [1.29, 1.82) is 0 Å². The van der Waals surface area contributed by atoms with Crippen molar-refractivity contribution in [3.63, 3.8) is 0 Å². The van der Waals surface area contributed by atoms with Crippen LogP contribution in [0.2, 0.25) is 5.02 Å². The molecule has 2 fully saturated rings. The molecule has 2 atom stereocenters. The molecule has 116 valence electrons. The third-order valence-corrected chi connectivity index (χ3v) is 6.29. The third kappa shape index (κ3) is 1.87. The Kier molecular flexibility index (Phi) is 3.41. The maximum atomic E-state index is 12.6. The fourth-order valence-corrected chi connectivity index (χ4v) is 4.89. The molecule has 0 aromatic heterocycles. The van der Waals surface area contributed by atoms with E-state index in [0.717, 1.165) is 4.31 Å². The highest BCUT2D eigenvalue weighted by Crippen LogP contribution is 2.41. The molecular formula is C13H12ClN3O4S. The highest BCUT2D eigenvalue weighted by Gasteiger charge is 2.57. The normalized spacial score (nSPS) is 27.0. The van der Waals surface area contributed by atoms with Crippen molar-refractivity contribution < 1.29 is 18.3 Å². The summed E-state index contributed by atoms with van der Waals surface area (Å²) in [7, 11) is -4.04. The predicted octanol–water partition coefficient (Wildman–Crippen LogP) is 1.23. The number of hydrogen-bond acceptors (Lipinski definition) is 4. The SMILES string of the molecule is [C-]#[N+]c1ccc(N2C(=O)[C@@H]3[C@H](O)CCN3S2(=O)=O)c(C)c1Cl. The van der Waals surface area contributed by atoms with Gasteiger partial charge < -0.3 is 5.11 Å². The third-order valence-electron chi connectivity index (χ3n) is 3.98. The number of aliphatic hydroxyl groups is 1. The molecule has 0 radical (unpaired) electrons. The minimum Gasteiger partial charge on any atom is -0.391 e. The second-order valence-corrected chi connectivity index (χ2v) is 7.28. The summed E-state index contributed by atoms with van der Waals surface area (Å²) in [6.45, 7) is 8.66. The molecule has 2 aliphatic heterocycles. The average Bonchev–Trinajstić information content (AvgIpc) is 2.94. The fraction of sp³-hybridized carbons (Fsp3) is 0.385. The maximum Gasteiger partial charge on any atom is 0.311 e. The summed E-state index contributed by atoms with van der Waals surface area (Å²) in [6.07, 6.45) is -0.773. The Morgan fingerprint density at radius 2 is 2.14 bits per heavy atom. The van der Waals surface area contributed by atoms with Gasteiger partial charge in [-0.15, -0.1) is 0 Å². The van der Waals surface area contributed by atoms with Crippen molar-refractivity contribution in [3.8, 4) is 0 Å². The highest BCUT2D eigenvalue weighted by atomic mass is 35.5. The monoisotopic (exact) mass is 341 g/mol. The van der Waals surface area contributed by atoms with Crippen molar-refractivity contribution in [1.82, 2.24) is 4.31 Å². The zero-order valence-electron chi connectivity index (χ0n) is 11.5. The van der Waals surface area contributed by atoms with Gasteiger partial charge in [0.25, 0.3) is 5.91 Å². The van der Waals surface area contributed by atoms with E-state index in [1.807, 2.05) is 0 Å². The van der Waals surface area contributed by atoms with Gasteiger partial charge in [-0.3, -0.25) is 4.79 Å². The smallest absolute Gasteiger partial charge is 0.311 e. The Bertz CT molecular complexity index is 817. The van der Waals surface area contributed by atoms with Crippen molar-refractivity contribution >= 4 is 39.1 Å². The van der Waals surface area contributed by atoms with E-state index in [4.69, 9.17) is 18.2 Å². The maximum absolute atomic E-state index is 12.6. The molecule has 1 N–H and O–H groups in total. The van der Waals surface area contributed by atoms with Gasteiger partial charge in [0.2, 0.25) is 5.69 Å². The van der Waals surface area contributed by atoms with Crippen LogP contribution in [-0.2, 0) is 15.0 Å². The fourth-order valence-electron chi connectivity index (χ4n) is 2.84. The Labute approximate surface area is 132 Å². The van der Waals surface area contributed by atoms with E-state index in [9.17, 15) is 18.3 Å². The lowest BCUT2D eigenvalue weighted by molar-refractivity contribution is -0.121. The molecule has 2 aliphatic rings. The predicted molar refractivity (Wildman–Crippen MR) is 80.0 cm³/mol. The van der Waals surface area contributed by atoms with Crippen LogP contribution in [0.3, 0.4) is 0 Å². The Morgan fingerprint density at radius 1 is 1.45 bits per heavy atom. The summed E-state index contributed by atoms with van der Waals surface area (Å²) >= 11 is 6.06. The molecule has 3 rings (SSSR count). The minimum absolute atomic E-state index is 0.101. The number of anilines is 1. The molecule has 0 unspecified atom stereocenters. The van der Waals surface area contributed by atoms with Gasteiger partial charge in [0, 0.05) is 6.54 Å². The minimum atomic E-state index is -4.04. The van der Waals surface area contributed by atoms with Crippen molar-refractivity contribution in [2.45, 2.75) is 25.5 Å². The number of carbonyl (C=O) groups is 1. The van der Waals surface area contributed by atoms with Gasteiger partial charge >= 0.3 is 10.2 Å². The largest absolute Gasteiger partial charge is 0.391 e. The highest BCUT2D eigenvalue weighted by molar-refractivity contribution is 7.91.